The Balaban J connectivity index is 1.67. The number of amides is 2. The van der Waals surface area contributed by atoms with E-state index in [2.05, 4.69) is 24.5 Å². The smallest absolute Gasteiger partial charge is 0.255 e. The Morgan fingerprint density at radius 3 is 2.80 bits per heavy atom. The van der Waals surface area contributed by atoms with Crippen molar-refractivity contribution in [2.24, 2.45) is 11.8 Å². The first kappa shape index (κ1) is 18.1. The van der Waals surface area contributed by atoms with Gasteiger partial charge in [-0.3, -0.25) is 9.59 Å². The molecular weight excluding hydrogens is 340 g/mol. The summed E-state index contributed by atoms with van der Waals surface area (Å²) in [5.74, 6) is 1.01. The van der Waals surface area contributed by atoms with Gasteiger partial charge in [0.25, 0.3) is 5.91 Å². The van der Waals surface area contributed by atoms with Crippen molar-refractivity contribution < 1.29 is 14.3 Å². The van der Waals surface area contributed by atoms with E-state index in [9.17, 15) is 9.59 Å². The first-order valence-electron chi connectivity index (χ1n) is 8.93. The van der Waals surface area contributed by atoms with Crippen LogP contribution in [0.25, 0.3) is 0 Å². The molecule has 0 bridgehead atoms. The fourth-order valence-corrected chi connectivity index (χ4v) is 3.68. The second-order valence-corrected chi connectivity index (χ2v) is 7.96. The van der Waals surface area contributed by atoms with Crippen LogP contribution in [0.2, 0.25) is 5.02 Å². The van der Waals surface area contributed by atoms with Gasteiger partial charge in [0.15, 0.2) is 0 Å². The van der Waals surface area contributed by atoms with E-state index < -0.39 is 5.60 Å². The van der Waals surface area contributed by atoms with Crippen LogP contribution < -0.4 is 15.4 Å². The number of nitrogens with one attached hydrogen (secondary N) is 2. The third-order valence-electron chi connectivity index (χ3n) is 5.04. The van der Waals surface area contributed by atoms with Crippen molar-refractivity contribution in [1.82, 2.24) is 10.6 Å². The van der Waals surface area contributed by atoms with Crippen LogP contribution in [-0.2, 0) is 4.79 Å². The van der Waals surface area contributed by atoms with Gasteiger partial charge >= 0.3 is 0 Å². The molecule has 0 saturated heterocycles. The van der Waals surface area contributed by atoms with Crippen molar-refractivity contribution in [3.8, 4) is 5.75 Å². The van der Waals surface area contributed by atoms with Crippen molar-refractivity contribution >= 4 is 23.4 Å². The second-order valence-electron chi connectivity index (χ2n) is 7.52. The second kappa shape index (κ2) is 7.24. The number of fused-ring (bicyclic) bond motifs is 1. The number of rotatable bonds is 3. The third-order valence-corrected chi connectivity index (χ3v) is 5.27. The molecule has 0 atom stereocenters. The van der Waals surface area contributed by atoms with Crippen LogP contribution in [0.1, 0.15) is 49.9 Å². The van der Waals surface area contributed by atoms with Crippen LogP contribution in [0.5, 0.6) is 5.75 Å². The van der Waals surface area contributed by atoms with Crippen LogP contribution in [0, 0.1) is 11.8 Å². The maximum absolute atomic E-state index is 12.3. The number of carbonyl (C=O) groups is 2. The normalized spacial score (nSPS) is 25.8. The van der Waals surface area contributed by atoms with Gasteiger partial charge in [-0.1, -0.05) is 25.4 Å². The molecule has 3 rings (SSSR count). The molecule has 5 nitrogen and oxygen atoms in total. The van der Waals surface area contributed by atoms with E-state index in [1.807, 2.05) is 0 Å². The van der Waals surface area contributed by atoms with Crippen molar-refractivity contribution in [3.63, 3.8) is 0 Å². The lowest BCUT2D eigenvalue weighted by molar-refractivity contribution is -0.127. The molecule has 1 aromatic rings. The van der Waals surface area contributed by atoms with Gasteiger partial charge in [0.1, 0.15) is 11.4 Å². The Kier molecular flexibility index (Phi) is 5.23. The molecular formula is C19H25ClN2O3. The molecule has 1 aromatic carbocycles. The molecule has 25 heavy (non-hydrogen) atoms. The van der Waals surface area contributed by atoms with E-state index >= 15 is 0 Å². The van der Waals surface area contributed by atoms with Crippen LogP contribution in [0.15, 0.2) is 18.2 Å². The Morgan fingerprint density at radius 1 is 1.40 bits per heavy atom. The molecule has 2 amide bonds. The SMILES string of the molecule is CC(C)CNC(=O)C1CCC2(CC1)CNC(=O)c1cc(Cl)ccc1O2. The van der Waals surface area contributed by atoms with Gasteiger partial charge in [0.2, 0.25) is 5.91 Å². The Morgan fingerprint density at radius 2 is 2.12 bits per heavy atom. The van der Waals surface area contributed by atoms with Crippen LogP contribution in [0.3, 0.4) is 0 Å². The van der Waals surface area contributed by atoms with E-state index in [0.717, 1.165) is 25.7 Å². The highest BCUT2D eigenvalue weighted by atomic mass is 35.5. The van der Waals surface area contributed by atoms with Gasteiger partial charge in [0.05, 0.1) is 12.1 Å². The largest absolute Gasteiger partial charge is 0.485 e. The molecule has 0 aromatic heterocycles. The Hall–Kier alpha value is -1.75. The van der Waals surface area contributed by atoms with Gasteiger partial charge in [-0.2, -0.15) is 0 Å². The number of carbonyl (C=O) groups excluding carboxylic acids is 2. The van der Waals surface area contributed by atoms with Gasteiger partial charge in [-0.15, -0.1) is 0 Å². The van der Waals surface area contributed by atoms with E-state index in [1.165, 1.54) is 0 Å². The number of benzene rings is 1. The highest BCUT2D eigenvalue weighted by Crippen LogP contribution is 2.38. The zero-order valence-corrected chi connectivity index (χ0v) is 15.5. The lowest BCUT2D eigenvalue weighted by Gasteiger charge is -2.39. The molecule has 0 unspecified atom stereocenters. The number of halogens is 1. The summed E-state index contributed by atoms with van der Waals surface area (Å²) in [7, 11) is 0. The molecule has 1 heterocycles. The Bertz CT molecular complexity index is 667. The first-order valence-corrected chi connectivity index (χ1v) is 9.31. The van der Waals surface area contributed by atoms with Crippen molar-refractivity contribution in [3.05, 3.63) is 28.8 Å². The minimum Gasteiger partial charge on any atom is -0.485 e. The molecule has 1 spiro atoms. The standard InChI is InChI=1S/C19H25ClN2O3/c1-12(2)10-21-17(23)13-5-7-19(8-6-13)11-22-18(24)15-9-14(20)3-4-16(15)25-19/h3-4,9,12-13H,5-8,10-11H2,1-2H3,(H,21,23)(H,22,24). The molecule has 2 aliphatic rings. The summed E-state index contributed by atoms with van der Waals surface area (Å²) < 4.78 is 6.26. The first-order chi connectivity index (χ1) is 11.9. The van der Waals surface area contributed by atoms with Crippen LogP contribution in [0.4, 0.5) is 0 Å². The van der Waals surface area contributed by atoms with Gasteiger partial charge in [-0.25, -0.2) is 0 Å². The molecule has 1 saturated carbocycles. The van der Waals surface area contributed by atoms with Crippen molar-refractivity contribution in [2.45, 2.75) is 45.1 Å². The molecule has 2 N–H and O–H groups in total. The van der Waals surface area contributed by atoms with E-state index in [0.29, 0.717) is 35.3 Å². The van der Waals surface area contributed by atoms with Crippen LogP contribution >= 0.6 is 11.6 Å². The predicted octanol–water partition coefficient (Wildman–Crippen LogP) is 3.16. The van der Waals surface area contributed by atoms with Crippen LogP contribution in [-0.4, -0.2) is 30.5 Å². The summed E-state index contributed by atoms with van der Waals surface area (Å²) >= 11 is 6.00. The fraction of sp³-hybridized carbons (Fsp3) is 0.579. The zero-order valence-electron chi connectivity index (χ0n) is 14.7. The number of hydrogen-bond acceptors (Lipinski definition) is 3. The number of ether oxygens (including phenoxy) is 1. The molecule has 1 aliphatic heterocycles. The average molecular weight is 365 g/mol. The van der Waals surface area contributed by atoms with E-state index in [4.69, 9.17) is 16.3 Å². The Labute approximate surface area is 153 Å². The minimum absolute atomic E-state index is 0.0246. The van der Waals surface area contributed by atoms with Crippen molar-refractivity contribution in [2.75, 3.05) is 13.1 Å². The quantitative estimate of drug-likeness (QED) is 0.865. The lowest BCUT2D eigenvalue weighted by Crippen LogP contribution is -2.49. The fourth-order valence-electron chi connectivity index (χ4n) is 3.51. The highest BCUT2D eigenvalue weighted by Gasteiger charge is 2.41. The molecule has 6 heteroatoms. The average Bonchev–Trinajstić information content (AvgIpc) is 2.71. The summed E-state index contributed by atoms with van der Waals surface area (Å²) in [5, 5.41) is 6.48. The van der Waals surface area contributed by atoms with Gasteiger partial charge in [0, 0.05) is 17.5 Å². The summed E-state index contributed by atoms with van der Waals surface area (Å²) in [6.45, 7) is 5.34. The lowest BCUT2D eigenvalue weighted by atomic mass is 9.78. The molecule has 0 radical (unpaired) electrons. The maximum Gasteiger partial charge on any atom is 0.255 e. The predicted molar refractivity (Wildman–Crippen MR) is 96.9 cm³/mol. The monoisotopic (exact) mass is 364 g/mol. The summed E-state index contributed by atoms with van der Waals surface area (Å²) in [6.07, 6.45) is 3.02. The van der Waals surface area contributed by atoms with E-state index in [-0.39, 0.29) is 17.7 Å². The maximum atomic E-state index is 12.3. The molecule has 1 fully saturated rings. The van der Waals surface area contributed by atoms with Gasteiger partial charge in [-0.05, 0) is 49.8 Å². The van der Waals surface area contributed by atoms with E-state index in [1.54, 1.807) is 18.2 Å². The summed E-state index contributed by atoms with van der Waals surface area (Å²) in [6, 6.07) is 5.12. The zero-order chi connectivity index (χ0) is 18.0. The molecule has 136 valence electrons. The molecule has 1 aliphatic carbocycles. The third kappa shape index (κ3) is 4.09. The summed E-state index contributed by atoms with van der Waals surface area (Å²) in [4.78, 5) is 24.6. The van der Waals surface area contributed by atoms with Gasteiger partial charge < -0.3 is 15.4 Å². The van der Waals surface area contributed by atoms with Crippen molar-refractivity contribution in [1.29, 1.82) is 0 Å². The number of hydrogen-bond donors (Lipinski definition) is 2. The minimum atomic E-state index is -0.441. The topological polar surface area (TPSA) is 67.4 Å². The summed E-state index contributed by atoms with van der Waals surface area (Å²) in [5.41, 5.74) is 0.0324. The highest BCUT2D eigenvalue weighted by molar-refractivity contribution is 6.31.